The van der Waals surface area contributed by atoms with E-state index in [2.05, 4.69) is 19.2 Å². The number of rotatable bonds is 4. The van der Waals surface area contributed by atoms with Crippen LogP contribution in [0, 0.1) is 12.8 Å². The minimum atomic E-state index is 0.697. The van der Waals surface area contributed by atoms with Crippen molar-refractivity contribution in [1.82, 2.24) is 5.32 Å². The molecule has 16 heavy (non-hydrogen) atoms. The lowest BCUT2D eigenvalue weighted by Crippen LogP contribution is -2.33. The highest BCUT2D eigenvalue weighted by Gasteiger charge is 2.20. The maximum Gasteiger partial charge on any atom is 0.120 e. The largest absolute Gasteiger partial charge is 0.468 e. The summed E-state index contributed by atoms with van der Waals surface area (Å²) in [6, 6.07) is 2.73. The Bertz CT molecular complexity index is 318. The number of hydrogen-bond donors (Lipinski definition) is 1. The molecule has 0 amide bonds. The molecule has 2 heteroatoms. The van der Waals surface area contributed by atoms with Crippen molar-refractivity contribution in [2.75, 3.05) is 0 Å². The predicted molar refractivity (Wildman–Crippen MR) is 66.3 cm³/mol. The summed E-state index contributed by atoms with van der Waals surface area (Å²) in [5, 5.41) is 3.64. The lowest BCUT2D eigenvalue weighted by atomic mass is 9.84. The molecule has 1 heterocycles. The minimum Gasteiger partial charge on any atom is -0.468 e. The molecule has 0 bridgehead atoms. The molecule has 1 fully saturated rings. The molecular weight excluding hydrogens is 198 g/mol. The van der Waals surface area contributed by atoms with E-state index in [0.29, 0.717) is 6.04 Å². The molecule has 2 nitrogen and oxygen atoms in total. The lowest BCUT2D eigenvalue weighted by molar-refractivity contribution is 0.273. The van der Waals surface area contributed by atoms with Gasteiger partial charge in [-0.05, 0) is 37.3 Å². The van der Waals surface area contributed by atoms with E-state index in [1.165, 1.54) is 37.7 Å². The summed E-state index contributed by atoms with van der Waals surface area (Å²) < 4.78 is 5.45. The summed E-state index contributed by atoms with van der Waals surface area (Å²) in [4.78, 5) is 0. The van der Waals surface area contributed by atoms with E-state index in [-0.39, 0.29) is 0 Å². The Kier molecular flexibility index (Phi) is 4.05. The lowest BCUT2D eigenvalue weighted by Gasteiger charge is -2.29. The van der Waals surface area contributed by atoms with Crippen molar-refractivity contribution in [3.05, 3.63) is 23.7 Å². The van der Waals surface area contributed by atoms with Gasteiger partial charge in [0.1, 0.15) is 5.76 Å². The second-order valence-electron chi connectivity index (χ2n) is 5.05. The number of furan rings is 1. The molecular formula is C14H23NO. The van der Waals surface area contributed by atoms with Gasteiger partial charge in [-0.25, -0.2) is 0 Å². The van der Waals surface area contributed by atoms with E-state index < -0.39 is 0 Å². The molecule has 2 unspecified atom stereocenters. The van der Waals surface area contributed by atoms with Gasteiger partial charge in [-0.1, -0.05) is 26.2 Å². The average molecular weight is 221 g/mol. The van der Waals surface area contributed by atoms with E-state index in [1.807, 2.05) is 6.07 Å². The van der Waals surface area contributed by atoms with Gasteiger partial charge in [0.2, 0.25) is 0 Å². The van der Waals surface area contributed by atoms with E-state index in [9.17, 15) is 0 Å². The topological polar surface area (TPSA) is 25.2 Å². The average Bonchev–Trinajstić information content (AvgIpc) is 2.72. The minimum absolute atomic E-state index is 0.697. The zero-order chi connectivity index (χ0) is 11.4. The van der Waals surface area contributed by atoms with Crippen LogP contribution in [0.3, 0.4) is 0 Å². The third-order valence-corrected chi connectivity index (χ3v) is 3.88. The second-order valence-corrected chi connectivity index (χ2v) is 5.05. The Morgan fingerprint density at radius 2 is 2.31 bits per heavy atom. The van der Waals surface area contributed by atoms with E-state index in [4.69, 9.17) is 4.42 Å². The molecule has 2 atom stereocenters. The second kappa shape index (κ2) is 5.53. The number of hydrogen-bond acceptors (Lipinski definition) is 2. The summed E-state index contributed by atoms with van der Waals surface area (Å²) >= 11 is 0. The van der Waals surface area contributed by atoms with Gasteiger partial charge in [-0.15, -0.1) is 0 Å². The van der Waals surface area contributed by atoms with Crippen molar-refractivity contribution in [2.45, 2.75) is 58.5 Å². The van der Waals surface area contributed by atoms with Crippen molar-refractivity contribution >= 4 is 0 Å². The van der Waals surface area contributed by atoms with Crippen LogP contribution >= 0.6 is 0 Å². The van der Waals surface area contributed by atoms with Crippen LogP contribution in [-0.4, -0.2) is 6.04 Å². The molecule has 0 spiro atoms. The fraction of sp³-hybridized carbons (Fsp3) is 0.714. The molecule has 1 saturated carbocycles. The summed E-state index contributed by atoms with van der Waals surface area (Å²) in [7, 11) is 0. The first-order valence-electron chi connectivity index (χ1n) is 6.56. The van der Waals surface area contributed by atoms with E-state index in [1.54, 1.807) is 6.26 Å². The Hall–Kier alpha value is -0.760. The zero-order valence-corrected chi connectivity index (χ0v) is 10.5. The van der Waals surface area contributed by atoms with Gasteiger partial charge in [0.15, 0.2) is 0 Å². The first-order valence-corrected chi connectivity index (χ1v) is 6.56. The van der Waals surface area contributed by atoms with Gasteiger partial charge < -0.3 is 9.73 Å². The molecule has 0 saturated heterocycles. The highest BCUT2D eigenvalue weighted by molar-refractivity contribution is 5.14. The molecule has 1 aliphatic carbocycles. The summed E-state index contributed by atoms with van der Waals surface area (Å²) in [5.74, 6) is 2.03. The van der Waals surface area contributed by atoms with Crippen molar-refractivity contribution in [1.29, 1.82) is 0 Å². The predicted octanol–water partition coefficient (Wildman–Crippen LogP) is 3.65. The molecule has 1 aromatic rings. The van der Waals surface area contributed by atoms with Gasteiger partial charge in [-0.3, -0.25) is 0 Å². The van der Waals surface area contributed by atoms with Crippen LogP contribution in [0.1, 0.15) is 50.4 Å². The van der Waals surface area contributed by atoms with Gasteiger partial charge in [0, 0.05) is 6.04 Å². The Morgan fingerprint density at radius 1 is 1.44 bits per heavy atom. The molecule has 2 rings (SSSR count). The van der Waals surface area contributed by atoms with Crippen LogP contribution in [0.15, 0.2) is 16.7 Å². The maximum atomic E-state index is 5.45. The monoisotopic (exact) mass is 221 g/mol. The van der Waals surface area contributed by atoms with Gasteiger partial charge in [0.05, 0.1) is 12.8 Å². The normalized spacial score (nSPS) is 25.9. The van der Waals surface area contributed by atoms with Crippen molar-refractivity contribution in [3.8, 4) is 0 Å². The fourth-order valence-electron chi connectivity index (χ4n) is 2.67. The Labute approximate surface area is 98.4 Å². The molecule has 1 N–H and O–H groups in total. The maximum absolute atomic E-state index is 5.45. The standard InChI is InChI=1S/C14H23NO/c1-3-12-5-4-6-13(9-12)15-10-14-11(2)7-8-16-14/h7-8,12-13,15H,3-6,9-10H2,1-2H3. The summed E-state index contributed by atoms with van der Waals surface area (Å²) in [6.07, 6.45) is 8.59. The quantitative estimate of drug-likeness (QED) is 0.839. The highest BCUT2D eigenvalue weighted by atomic mass is 16.3. The van der Waals surface area contributed by atoms with Crippen LogP contribution in [0.25, 0.3) is 0 Å². The van der Waals surface area contributed by atoms with Crippen molar-refractivity contribution in [2.24, 2.45) is 5.92 Å². The summed E-state index contributed by atoms with van der Waals surface area (Å²) in [6.45, 7) is 5.31. The van der Waals surface area contributed by atoms with E-state index in [0.717, 1.165) is 18.2 Å². The van der Waals surface area contributed by atoms with Crippen LogP contribution < -0.4 is 5.32 Å². The third kappa shape index (κ3) is 2.88. The number of nitrogens with one attached hydrogen (secondary N) is 1. The van der Waals surface area contributed by atoms with Crippen molar-refractivity contribution in [3.63, 3.8) is 0 Å². The van der Waals surface area contributed by atoms with Gasteiger partial charge in [0.25, 0.3) is 0 Å². The van der Waals surface area contributed by atoms with Crippen LogP contribution in [0.5, 0.6) is 0 Å². The van der Waals surface area contributed by atoms with E-state index >= 15 is 0 Å². The SMILES string of the molecule is CCC1CCCC(NCc2occc2C)C1. The molecule has 1 aromatic heterocycles. The molecule has 0 radical (unpaired) electrons. The van der Waals surface area contributed by atoms with Gasteiger partial charge in [-0.2, -0.15) is 0 Å². The summed E-state index contributed by atoms with van der Waals surface area (Å²) in [5.41, 5.74) is 1.26. The van der Waals surface area contributed by atoms with Crippen LogP contribution in [0.4, 0.5) is 0 Å². The van der Waals surface area contributed by atoms with Crippen molar-refractivity contribution < 1.29 is 4.42 Å². The first-order chi connectivity index (χ1) is 7.79. The smallest absolute Gasteiger partial charge is 0.120 e. The van der Waals surface area contributed by atoms with Gasteiger partial charge >= 0.3 is 0 Å². The van der Waals surface area contributed by atoms with Crippen LogP contribution in [0.2, 0.25) is 0 Å². The first kappa shape index (κ1) is 11.7. The molecule has 90 valence electrons. The molecule has 0 aliphatic heterocycles. The van der Waals surface area contributed by atoms with Crippen LogP contribution in [-0.2, 0) is 6.54 Å². The number of aryl methyl sites for hydroxylation is 1. The third-order valence-electron chi connectivity index (χ3n) is 3.88. The zero-order valence-electron chi connectivity index (χ0n) is 10.5. The Morgan fingerprint density at radius 3 is 3.00 bits per heavy atom. The highest BCUT2D eigenvalue weighted by Crippen LogP contribution is 2.26. The Balaban J connectivity index is 1.79. The molecule has 1 aliphatic rings. The molecule has 0 aromatic carbocycles. The fourth-order valence-corrected chi connectivity index (χ4v) is 2.67.